The van der Waals surface area contributed by atoms with Gasteiger partial charge in [0.1, 0.15) is 0 Å². The maximum Gasteiger partial charge on any atom is 0.416 e. The fourth-order valence-electron chi connectivity index (χ4n) is 2.81. The van der Waals surface area contributed by atoms with Crippen LogP contribution in [0, 0.1) is 0 Å². The van der Waals surface area contributed by atoms with E-state index >= 15 is 0 Å². The van der Waals surface area contributed by atoms with Crippen molar-refractivity contribution in [1.82, 2.24) is 10.2 Å². The molecule has 0 saturated carbocycles. The summed E-state index contributed by atoms with van der Waals surface area (Å²) in [6, 6.07) is 15.3. The summed E-state index contributed by atoms with van der Waals surface area (Å²) in [7, 11) is 0. The van der Waals surface area contributed by atoms with E-state index in [1.165, 1.54) is 6.07 Å². The van der Waals surface area contributed by atoms with Crippen LogP contribution in [0.15, 0.2) is 54.6 Å². The lowest BCUT2D eigenvalue weighted by Gasteiger charge is -2.41. The second-order valence-corrected chi connectivity index (χ2v) is 6.32. The number of hydrogen-bond acceptors (Lipinski definition) is 2. The van der Waals surface area contributed by atoms with Gasteiger partial charge in [-0.15, -0.1) is 0 Å². The van der Waals surface area contributed by atoms with Crippen molar-refractivity contribution in [3.05, 3.63) is 65.7 Å². The third-order valence-electron chi connectivity index (χ3n) is 4.32. The Morgan fingerprint density at radius 2 is 1.80 bits per heavy atom. The summed E-state index contributed by atoms with van der Waals surface area (Å²) >= 11 is 5.31. The van der Waals surface area contributed by atoms with Crippen molar-refractivity contribution in [2.45, 2.75) is 19.1 Å². The molecule has 0 aromatic heterocycles. The van der Waals surface area contributed by atoms with Crippen molar-refractivity contribution in [2.75, 3.05) is 18.2 Å². The summed E-state index contributed by atoms with van der Waals surface area (Å²) in [6.45, 7) is 3.03. The monoisotopic (exact) mass is 365 g/mol. The maximum atomic E-state index is 13.0. The van der Waals surface area contributed by atoms with Crippen LogP contribution < -0.4 is 10.2 Å². The van der Waals surface area contributed by atoms with Gasteiger partial charge < -0.3 is 10.2 Å². The highest BCUT2D eigenvalue weighted by Crippen LogP contribution is 2.32. The first-order valence-electron chi connectivity index (χ1n) is 7.88. The highest BCUT2D eigenvalue weighted by Gasteiger charge is 2.32. The van der Waals surface area contributed by atoms with Crippen LogP contribution in [-0.4, -0.2) is 23.3 Å². The van der Waals surface area contributed by atoms with Gasteiger partial charge in [0.2, 0.25) is 0 Å². The Kier molecular flexibility index (Phi) is 4.96. The Hall–Kier alpha value is -2.12. The molecule has 3 nitrogen and oxygen atoms in total. The van der Waals surface area contributed by atoms with Gasteiger partial charge in [0.25, 0.3) is 0 Å². The van der Waals surface area contributed by atoms with Gasteiger partial charge in [-0.2, -0.15) is 13.2 Å². The van der Waals surface area contributed by atoms with Gasteiger partial charge in [-0.1, -0.05) is 36.4 Å². The number of nitrogens with one attached hydrogen (secondary N) is 1. The molecule has 1 aliphatic heterocycles. The van der Waals surface area contributed by atoms with Crippen LogP contribution >= 0.6 is 12.2 Å². The molecule has 0 unspecified atom stereocenters. The average molecular weight is 365 g/mol. The molecule has 0 amide bonds. The topological polar surface area (TPSA) is 18.5 Å². The molecular weight excluding hydrogens is 347 g/mol. The molecule has 1 aliphatic rings. The molecule has 2 aromatic rings. The zero-order valence-electron chi connectivity index (χ0n) is 13.6. The van der Waals surface area contributed by atoms with Gasteiger partial charge in [0, 0.05) is 11.7 Å². The quantitative estimate of drug-likeness (QED) is 0.814. The zero-order valence-corrected chi connectivity index (χ0v) is 14.4. The fraction of sp³-hybridized carbons (Fsp3) is 0.278. The van der Waals surface area contributed by atoms with Crippen LogP contribution in [0.25, 0.3) is 0 Å². The molecule has 0 aliphatic carbocycles. The van der Waals surface area contributed by atoms with E-state index in [1.54, 1.807) is 11.0 Å². The van der Waals surface area contributed by atoms with Gasteiger partial charge in [0.15, 0.2) is 5.11 Å². The van der Waals surface area contributed by atoms with E-state index in [9.17, 15) is 13.2 Å². The number of alkyl halides is 3. The lowest BCUT2D eigenvalue weighted by Crippen LogP contribution is -2.56. The second kappa shape index (κ2) is 7.01. The minimum absolute atomic E-state index is 0.102. The van der Waals surface area contributed by atoms with Crippen LogP contribution in [0.1, 0.15) is 24.1 Å². The molecule has 0 spiro atoms. The van der Waals surface area contributed by atoms with E-state index in [-0.39, 0.29) is 6.04 Å². The van der Waals surface area contributed by atoms with Crippen LogP contribution in [0.5, 0.6) is 0 Å². The Morgan fingerprint density at radius 3 is 2.48 bits per heavy atom. The standard InChI is InChI=1S/C18H18F3N3S/c1-13(14-6-3-2-4-7-14)23-11-22-17(25)24(12-23)16-9-5-8-15(10-16)18(19,20)21/h2-10,13H,11-12H2,1H3,(H,22,25)/t13-/m1/s1. The average Bonchev–Trinajstić information content (AvgIpc) is 2.62. The van der Waals surface area contributed by atoms with Crippen molar-refractivity contribution in [2.24, 2.45) is 0 Å². The van der Waals surface area contributed by atoms with E-state index in [4.69, 9.17) is 12.2 Å². The lowest BCUT2D eigenvalue weighted by atomic mass is 10.1. The zero-order chi connectivity index (χ0) is 18.0. The van der Waals surface area contributed by atoms with Crippen LogP contribution in [-0.2, 0) is 6.18 Å². The van der Waals surface area contributed by atoms with E-state index < -0.39 is 11.7 Å². The molecule has 25 heavy (non-hydrogen) atoms. The van der Waals surface area contributed by atoms with Gasteiger partial charge in [-0.25, -0.2) is 0 Å². The number of anilines is 1. The number of halogens is 3. The van der Waals surface area contributed by atoms with Crippen molar-refractivity contribution in [3.63, 3.8) is 0 Å². The molecule has 1 saturated heterocycles. The minimum atomic E-state index is -4.38. The Labute approximate surface area is 150 Å². The molecule has 0 radical (unpaired) electrons. The lowest BCUT2D eigenvalue weighted by molar-refractivity contribution is -0.137. The van der Waals surface area contributed by atoms with Gasteiger partial charge in [-0.3, -0.25) is 4.90 Å². The Bertz CT molecular complexity index is 749. The summed E-state index contributed by atoms with van der Waals surface area (Å²) in [5, 5.41) is 3.52. The Balaban J connectivity index is 1.83. The highest BCUT2D eigenvalue weighted by molar-refractivity contribution is 7.80. The number of thiocarbonyl (C=S) groups is 1. The molecule has 7 heteroatoms. The number of nitrogens with zero attached hydrogens (tertiary/aromatic N) is 2. The van der Waals surface area contributed by atoms with E-state index in [2.05, 4.69) is 17.1 Å². The van der Waals surface area contributed by atoms with Crippen molar-refractivity contribution in [3.8, 4) is 0 Å². The molecule has 132 valence electrons. The number of benzene rings is 2. The summed E-state index contributed by atoms with van der Waals surface area (Å²) in [6.07, 6.45) is -4.38. The predicted molar refractivity (Wildman–Crippen MR) is 96.1 cm³/mol. The first-order valence-corrected chi connectivity index (χ1v) is 8.29. The highest BCUT2D eigenvalue weighted by atomic mass is 32.1. The van der Waals surface area contributed by atoms with Crippen molar-refractivity contribution >= 4 is 23.0 Å². The summed E-state index contributed by atoms with van der Waals surface area (Å²) < 4.78 is 38.9. The molecule has 1 atom stereocenters. The number of hydrogen-bond donors (Lipinski definition) is 1. The molecule has 1 N–H and O–H groups in total. The Morgan fingerprint density at radius 1 is 1.08 bits per heavy atom. The van der Waals surface area contributed by atoms with Crippen LogP contribution in [0.3, 0.4) is 0 Å². The third-order valence-corrected chi connectivity index (χ3v) is 4.68. The number of rotatable bonds is 3. The van der Waals surface area contributed by atoms with Gasteiger partial charge in [0.05, 0.1) is 18.9 Å². The summed E-state index contributed by atoms with van der Waals surface area (Å²) in [5.41, 5.74) is 0.888. The normalized spacial score (nSPS) is 17.3. The smallest absolute Gasteiger partial charge is 0.349 e. The largest absolute Gasteiger partial charge is 0.416 e. The third kappa shape index (κ3) is 3.93. The van der Waals surface area contributed by atoms with Crippen molar-refractivity contribution < 1.29 is 13.2 Å². The van der Waals surface area contributed by atoms with E-state index in [0.717, 1.165) is 17.7 Å². The van der Waals surface area contributed by atoms with Gasteiger partial charge >= 0.3 is 6.18 Å². The first kappa shape index (κ1) is 17.7. The summed E-state index contributed by atoms with van der Waals surface area (Å²) in [4.78, 5) is 3.80. The molecule has 2 aromatic carbocycles. The van der Waals surface area contributed by atoms with E-state index in [1.807, 2.05) is 30.3 Å². The molecule has 1 fully saturated rings. The van der Waals surface area contributed by atoms with Crippen LogP contribution in [0.2, 0.25) is 0 Å². The predicted octanol–water partition coefficient (Wildman–Crippen LogP) is 4.38. The fourth-order valence-corrected chi connectivity index (χ4v) is 3.04. The van der Waals surface area contributed by atoms with Crippen LogP contribution in [0.4, 0.5) is 18.9 Å². The van der Waals surface area contributed by atoms with E-state index in [0.29, 0.717) is 24.1 Å². The molecule has 1 heterocycles. The minimum Gasteiger partial charge on any atom is -0.349 e. The second-order valence-electron chi connectivity index (χ2n) is 5.93. The van der Waals surface area contributed by atoms with Gasteiger partial charge in [-0.05, 0) is 42.9 Å². The molecule has 3 rings (SSSR count). The molecular formula is C18H18F3N3S. The maximum absolute atomic E-state index is 13.0. The summed E-state index contributed by atoms with van der Waals surface area (Å²) in [5.74, 6) is 0. The SMILES string of the molecule is C[C@H](c1ccccc1)N1CNC(=S)N(c2cccc(C(F)(F)F)c2)C1. The van der Waals surface area contributed by atoms with Crippen molar-refractivity contribution in [1.29, 1.82) is 0 Å². The first-order chi connectivity index (χ1) is 11.9. The molecule has 0 bridgehead atoms.